The van der Waals surface area contributed by atoms with E-state index in [9.17, 15) is 4.79 Å². The van der Waals surface area contributed by atoms with Gasteiger partial charge in [-0.05, 0) is 20.4 Å². The molecule has 0 bridgehead atoms. The van der Waals surface area contributed by atoms with Gasteiger partial charge in [-0.3, -0.25) is 9.69 Å². The van der Waals surface area contributed by atoms with Crippen molar-refractivity contribution in [1.29, 1.82) is 0 Å². The number of ketones is 1. The number of likely N-dealkylation sites (N-methyl/N-ethyl adjacent to an activating group) is 1. The van der Waals surface area contributed by atoms with E-state index < -0.39 is 0 Å². The Labute approximate surface area is 62.2 Å². The van der Waals surface area contributed by atoms with E-state index in [1.807, 2.05) is 14.0 Å². The Balaban J connectivity index is 2.80. The topological polar surface area (TPSA) is 20.3 Å². The van der Waals surface area contributed by atoms with Gasteiger partial charge in [-0.1, -0.05) is 6.92 Å². The lowest BCUT2D eigenvalue weighted by molar-refractivity contribution is -0.124. The molecule has 0 radical (unpaired) electrons. The van der Waals surface area contributed by atoms with Crippen molar-refractivity contribution < 1.29 is 4.79 Å². The van der Waals surface area contributed by atoms with E-state index in [1.54, 1.807) is 0 Å². The van der Waals surface area contributed by atoms with Crippen molar-refractivity contribution in [2.75, 3.05) is 13.6 Å². The van der Waals surface area contributed by atoms with Crippen LogP contribution in [0, 0.1) is 0 Å². The molecule has 0 amide bonds. The van der Waals surface area contributed by atoms with Crippen LogP contribution in [0.3, 0.4) is 0 Å². The van der Waals surface area contributed by atoms with Gasteiger partial charge in [-0.25, -0.2) is 0 Å². The van der Waals surface area contributed by atoms with Crippen LogP contribution >= 0.6 is 0 Å². The maximum Gasteiger partial charge on any atom is 0.154 e. The number of hydrogen-bond acceptors (Lipinski definition) is 2. The molecule has 2 heteroatoms. The molecule has 1 fully saturated rings. The van der Waals surface area contributed by atoms with Crippen LogP contribution in [-0.4, -0.2) is 29.8 Å². The fourth-order valence-corrected chi connectivity index (χ4v) is 1.47. The highest BCUT2D eigenvalue weighted by molar-refractivity contribution is 5.90. The molecule has 1 saturated heterocycles. The minimum absolute atomic E-state index is 0.153. The summed E-state index contributed by atoms with van der Waals surface area (Å²) in [6.07, 6.45) is 1.67. The quantitative estimate of drug-likeness (QED) is 0.544. The molecule has 58 valence electrons. The summed E-state index contributed by atoms with van der Waals surface area (Å²) in [4.78, 5) is 13.4. The number of rotatable bonds is 1. The third-order valence-corrected chi connectivity index (χ3v) is 2.81. The lowest BCUT2D eigenvalue weighted by Crippen LogP contribution is -2.42. The van der Waals surface area contributed by atoms with Crippen molar-refractivity contribution in [3.05, 3.63) is 0 Å². The first-order valence-electron chi connectivity index (χ1n) is 3.86. The number of nitrogens with zero attached hydrogens (tertiary/aromatic N) is 1. The molecule has 1 heterocycles. The summed E-state index contributed by atoms with van der Waals surface area (Å²) in [6.45, 7) is 5.03. The molecule has 0 saturated carbocycles. The number of carbonyl (C=O) groups is 1. The third kappa shape index (κ3) is 0.870. The van der Waals surface area contributed by atoms with Gasteiger partial charge < -0.3 is 0 Å². The number of likely N-dealkylation sites (tertiary alicyclic amines) is 1. The molecule has 0 aromatic heterocycles. The van der Waals surface area contributed by atoms with Crippen LogP contribution in [0.2, 0.25) is 0 Å². The second-order valence-corrected chi connectivity index (χ2v) is 3.22. The maximum atomic E-state index is 11.3. The van der Waals surface area contributed by atoms with Crippen LogP contribution in [0.15, 0.2) is 0 Å². The molecule has 10 heavy (non-hydrogen) atoms. The van der Waals surface area contributed by atoms with Gasteiger partial charge in [0.25, 0.3) is 0 Å². The number of carbonyl (C=O) groups excluding carboxylic acids is 1. The van der Waals surface area contributed by atoms with E-state index in [4.69, 9.17) is 0 Å². The van der Waals surface area contributed by atoms with Gasteiger partial charge in [-0.2, -0.15) is 0 Å². The van der Waals surface area contributed by atoms with Crippen molar-refractivity contribution in [2.24, 2.45) is 0 Å². The Morgan fingerprint density at radius 2 is 2.30 bits per heavy atom. The second-order valence-electron chi connectivity index (χ2n) is 3.22. The Morgan fingerprint density at radius 3 is 2.50 bits per heavy atom. The lowest BCUT2D eigenvalue weighted by Gasteiger charge is -2.28. The summed E-state index contributed by atoms with van der Waals surface area (Å²) in [7, 11) is 2.02. The molecular weight excluding hydrogens is 126 g/mol. The third-order valence-electron chi connectivity index (χ3n) is 2.81. The number of hydrogen-bond donors (Lipinski definition) is 0. The molecule has 1 aliphatic rings. The highest BCUT2D eigenvalue weighted by atomic mass is 16.1. The minimum Gasteiger partial charge on any atom is -0.298 e. The van der Waals surface area contributed by atoms with Crippen LogP contribution in [0.25, 0.3) is 0 Å². The molecule has 1 rings (SSSR count). The van der Waals surface area contributed by atoms with Gasteiger partial charge in [0.2, 0.25) is 0 Å². The monoisotopic (exact) mass is 141 g/mol. The molecule has 1 atom stereocenters. The molecule has 0 aromatic rings. The maximum absolute atomic E-state index is 11.3. The van der Waals surface area contributed by atoms with Gasteiger partial charge in [0.05, 0.1) is 5.54 Å². The molecular formula is C8H15NO. The van der Waals surface area contributed by atoms with E-state index in [-0.39, 0.29) is 5.54 Å². The smallest absolute Gasteiger partial charge is 0.154 e. The average Bonchev–Trinajstić information content (AvgIpc) is 2.18. The normalized spacial score (nSPS) is 35.3. The lowest BCUT2D eigenvalue weighted by atomic mass is 9.95. The summed E-state index contributed by atoms with van der Waals surface area (Å²) in [6, 6.07) is 0. The fraction of sp³-hybridized carbons (Fsp3) is 0.875. The highest BCUT2D eigenvalue weighted by Crippen LogP contribution is 2.26. The summed E-state index contributed by atoms with van der Waals surface area (Å²) >= 11 is 0. The van der Waals surface area contributed by atoms with Crippen LogP contribution < -0.4 is 0 Å². The van der Waals surface area contributed by atoms with E-state index in [0.29, 0.717) is 5.78 Å². The second kappa shape index (κ2) is 2.35. The molecule has 2 nitrogen and oxygen atoms in total. The largest absolute Gasteiger partial charge is 0.298 e. The van der Waals surface area contributed by atoms with Gasteiger partial charge in [0, 0.05) is 13.0 Å². The first kappa shape index (κ1) is 7.73. The van der Waals surface area contributed by atoms with Gasteiger partial charge in [0.15, 0.2) is 5.78 Å². The highest BCUT2D eigenvalue weighted by Gasteiger charge is 2.39. The summed E-state index contributed by atoms with van der Waals surface area (Å²) < 4.78 is 0. The molecule has 0 aromatic carbocycles. The Bertz CT molecular complexity index is 155. The predicted molar refractivity (Wildman–Crippen MR) is 41.0 cm³/mol. The van der Waals surface area contributed by atoms with Crippen molar-refractivity contribution >= 4 is 5.78 Å². The van der Waals surface area contributed by atoms with Crippen molar-refractivity contribution in [3.8, 4) is 0 Å². The Kier molecular flexibility index (Phi) is 1.82. The van der Waals surface area contributed by atoms with Gasteiger partial charge in [-0.15, -0.1) is 0 Å². The standard InChI is InChI=1S/C8H15NO/c1-4-8(2)7(10)5-6-9(8)3/h4-6H2,1-3H3. The van der Waals surface area contributed by atoms with Gasteiger partial charge >= 0.3 is 0 Å². The fourth-order valence-electron chi connectivity index (χ4n) is 1.47. The van der Waals surface area contributed by atoms with E-state index in [2.05, 4.69) is 11.8 Å². The zero-order valence-corrected chi connectivity index (χ0v) is 6.98. The Morgan fingerprint density at radius 1 is 1.70 bits per heavy atom. The van der Waals surface area contributed by atoms with Crippen molar-refractivity contribution in [3.63, 3.8) is 0 Å². The van der Waals surface area contributed by atoms with Crippen LogP contribution in [-0.2, 0) is 4.79 Å². The molecule has 1 aliphatic heterocycles. The van der Waals surface area contributed by atoms with Crippen LogP contribution in [0.5, 0.6) is 0 Å². The Hall–Kier alpha value is -0.370. The summed E-state index contributed by atoms with van der Waals surface area (Å²) in [5.74, 6) is 0.400. The van der Waals surface area contributed by atoms with E-state index in [1.165, 1.54) is 0 Å². The first-order valence-corrected chi connectivity index (χ1v) is 3.86. The summed E-state index contributed by atoms with van der Waals surface area (Å²) in [5, 5.41) is 0. The van der Waals surface area contributed by atoms with Crippen LogP contribution in [0.1, 0.15) is 26.7 Å². The van der Waals surface area contributed by atoms with E-state index >= 15 is 0 Å². The zero-order chi connectivity index (χ0) is 7.78. The van der Waals surface area contributed by atoms with Crippen molar-refractivity contribution in [2.45, 2.75) is 32.2 Å². The first-order chi connectivity index (χ1) is 4.61. The molecule has 0 N–H and O–H groups in total. The minimum atomic E-state index is -0.153. The van der Waals surface area contributed by atoms with Gasteiger partial charge in [0.1, 0.15) is 0 Å². The molecule has 0 spiro atoms. The van der Waals surface area contributed by atoms with Crippen LogP contribution in [0.4, 0.5) is 0 Å². The molecule has 0 aliphatic carbocycles. The zero-order valence-electron chi connectivity index (χ0n) is 6.98. The SMILES string of the molecule is CCC1(C)C(=O)CCN1C. The number of Topliss-reactive ketones (excluding diaryl/α,β-unsaturated/α-hetero) is 1. The van der Waals surface area contributed by atoms with E-state index in [0.717, 1.165) is 19.4 Å². The summed E-state index contributed by atoms with van der Waals surface area (Å²) in [5.41, 5.74) is -0.153. The predicted octanol–water partition coefficient (Wildman–Crippen LogP) is 1.06. The average molecular weight is 141 g/mol. The molecule has 1 unspecified atom stereocenters. The van der Waals surface area contributed by atoms with Crippen molar-refractivity contribution in [1.82, 2.24) is 4.90 Å².